The van der Waals surface area contributed by atoms with Crippen LogP contribution in [0.15, 0.2) is 5.38 Å². The maximum atomic E-state index is 12.6. The van der Waals surface area contributed by atoms with Crippen molar-refractivity contribution in [3.8, 4) is 0 Å². The zero-order valence-electron chi connectivity index (χ0n) is 12.8. The van der Waals surface area contributed by atoms with E-state index in [0.717, 1.165) is 25.0 Å². The highest BCUT2D eigenvalue weighted by atomic mass is 32.1. The van der Waals surface area contributed by atoms with Crippen LogP contribution in [-0.4, -0.2) is 52.3 Å². The smallest absolute Gasteiger partial charge is 0.223 e. The highest BCUT2D eigenvalue weighted by Gasteiger charge is 2.52. The molecule has 3 rings (SSSR count). The number of aliphatic hydroxyl groups is 1. The maximum Gasteiger partial charge on any atom is 0.223 e. The molecule has 6 nitrogen and oxygen atoms in total. The number of amides is 1. The van der Waals surface area contributed by atoms with Crippen LogP contribution in [0.3, 0.4) is 0 Å². The van der Waals surface area contributed by atoms with E-state index in [1.54, 1.807) is 7.11 Å². The minimum absolute atomic E-state index is 0.00532. The molecule has 22 heavy (non-hydrogen) atoms. The maximum absolute atomic E-state index is 12.6. The molecule has 2 aliphatic rings. The summed E-state index contributed by atoms with van der Waals surface area (Å²) in [4.78, 5) is 18.7. The Kier molecular flexibility index (Phi) is 4.38. The van der Waals surface area contributed by atoms with Crippen molar-refractivity contribution in [2.24, 2.45) is 0 Å². The summed E-state index contributed by atoms with van der Waals surface area (Å²) >= 11 is 1.40. The van der Waals surface area contributed by atoms with E-state index in [2.05, 4.69) is 4.98 Å². The Morgan fingerprint density at radius 2 is 2.45 bits per heavy atom. The Bertz CT molecular complexity index is 550. The molecule has 0 unspecified atom stereocenters. The number of nitrogens with zero attached hydrogens (tertiary/aromatic N) is 2. The van der Waals surface area contributed by atoms with Gasteiger partial charge in [-0.1, -0.05) is 0 Å². The number of thiazole rings is 1. The molecule has 1 aromatic rings. The first-order valence-electron chi connectivity index (χ1n) is 7.76. The molecule has 1 amide bonds. The molecule has 3 N–H and O–H groups in total. The molecule has 0 aromatic carbocycles. The Morgan fingerprint density at radius 1 is 1.64 bits per heavy atom. The number of nitrogen functional groups attached to an aromatic ring is 1. The molecule has 2 fully saturated rings. The first kappa shape index (κ1) is 15.7. The second-order valence-electron chi connectivity index (χ2n) is 6.23. The average Bonchev–Trinajstić information content (AvgIpc) is 3.09. The third-order valence-corrected chi connectivity index (χ3v) is 5.77. The predicted molar refractivity (Wildman–Crippen MR) is 84.6 cm³/mol. The second-order valence-corrected chi connectivity index (χ2v) is 7.12. The molecule has 1 aliphatic heterocycles. The molecule has 0 spiro atoms. The fraction of sp³-hybridized carbons (Fsp3) is 0.733. The van der Waals surface area contributed by atoms with Gasteiger partial charge in [0, 0.05) is 25.5 Å². The van der Waals surface area contributed by atoms with Gasteiger partial charge >= 0.3 is 0 Å². The molecule has 1 saturated heterocycles. The van der Waals surface area contributed by atoms with E-state index in [1.807, 2.05) is 10.3 Å². The number of aromatic nitrogens is 1. The van der Waals surface area contributed by atoms with E-state index in [-0.39, 0.29) is 23.7 Å². The third-order valence-electron chi connectivity index (χ3n) is 5.05. The minimum atomic E-state index is -0.333. The van der Waals surface area contributed by atoms with Gasteiger partial charge in [-0.2, -0.15) is 0 Å². The van der Waals surface area contributed by atoms with Crippen LogP contribution >= 0.6 is 11.3 Å². The number of anilines is 1. The van der Waals surface area contributed by atoms with Crippen molar-refractivity contribution >= 4 is 22.4 Å². The number of carbonyl (C=O) groups excluding carboxylic acids is 1. The van der Waals surface area contributed by atoms with Gasteiger partial charge in [0.05, 0.1) is 23.4 Å². The first-order chi connectivity index (χ1) is 10.5. The lowest BCUT2D eigenvalue weighted by Crippen LogP contribution is -2.52. The summed E-state index contributed by atoms with van der Waals surface area (Å²) in [7, 11) is 1.72. The van der Waals surface area contributed by atoms with Crippen LogP contribution in [-0.2, 0) is 16.0 Å². The van der Waals surface area contributed by atoms with Gasteiger partial charge < -0.3 is 20.5 Å². The molecule has 2 heterocycles. The topological polar surface area (TPSA) is 88.7 Å². The number of fused-ring (bicyclic) bond motifs is 1. The molecule has 0 bridgehead atoms. The quantitative estimate of drug-likeness (QED) is 0.868. The number of methoxy groups -OCH3 is 1. The first-order valence-corrected chi connectivity index (χ1v) is 8.64. The fourth-order valence-corrected chi connectivity index (χ4v) is 4.39. The highest BCUT2D eigenvalue weighted by Crippen LogP contribution is 2.42. The molecular formula is C15H23N3O3S. The molecule has 0 radical (unpaired) electrons. The van der Waals surface area contributed by atoms with Crippen LogP contribution in [0, 0.1) is 0 Å². The minimum Gasteiger partial charge on any atom is -0.393 e. The monoisotopic (exact) mass is 325 g/mol. The summed E-state index contributed by atoms with van der Waals surface area (Å²) in [5.41, 5.74) is 6.22. The van der Waals surface area contributed by atoms with Crippen molar-refractivity contribution in [2.75, 3.05) is 19.4 Å². The number of nitrogens with two attached hydrogens (primary N) is 1. The van der Waals surface area contributed by atoms with Crippen molar-refractivity contribution < 1.29 is 14.6 Å². The van der Waals surface area contributed by atoms with Crippen molar-refractivity contribution in [1.82, 2.24) is 9.88 Å². The fourth-order valence-electron chi connectivity index (χ4n) is 3.79. The normalized spacial score (nSPS) is 31.3. The number of carbonyl (C=O) groups is 1. The van der Waals surface area contributed by atoms with E-state index in [1.165, 1.54) is 11.3 Å². The van der Waals surface area contributed by atoms with Crippen molar-refractivity contribution in [3.63, 3.8) is 0 Å². The van der Waals surface area contributed by atoms with Crippen molar-refractivity contribution in [1.29, 1.82) is 0 Å². The summed E-state index contributed by atoms with van der Waals surface area (Å²) < 4.78 is 5.77. The molecule has 122 valence electrons. The molecule has 1 saturated carbocycles. The second kappa shape index (κ2) is 6.14. The van der Waals surface area contributed by atoms with Crippen LogP contribution < -0.4 is 5.73 Å². The molecular weight excluding hydrogens is 302 g/mol. The van der Waals surface area contributed by atoms with Gasteiger partial charge in [0.1, 0.15) is 0 Å². The Labute approximate surface area is 134 Å². The number of hydrogen-bond acceptors (Lipinski definition) is 6. The van der Waals surface area contributed by atoms with Crippen molar-refractivity contribution in [3.05, 3.63) is 11.1 Å². The van der Waals surface area contributed by atoms with Gasteiger partial charge in [0.15, 0.2) is 5.13 Å². The number of aryl methyl sites for hydroxylation is 1. The van der Waals surface area contributed by atoms with E-state index in [4.69, 9.17) is 10.5 Å². The molecule has 3 atom stereocenters. The van der Waals surface area contributed by atoms with E-state index >= 15 is 0 Å². The van der Waals surface area contributed by atoms with E-state index in [9.17, 15) is 9.90 Å². The number of hydrogen-bond donors (Lipinski definition) is 2. The van der Waals surface area contributed by atoms with Gasteiger partial charge in [0.2, 0.25) is 5.91 Å². The summed E-state index contributed by atoms with van der Waals surface area (Å²) in [5.74, 6) is 0.115. The Morgan fingerprint density at radius 3 is 3.14 bits per heavy atom. The number of ether oxygens (including phenoxy) is 1. The van der Waals surface area contributed by atoms with Gasteiger partial charge in [0.25, 0.3) is 0 Å². The van der Waals surface area contributed by atoms with Crippen molar-refractivity contribution in [2.45, 2.75) is 56.3 Å². The zero-order chi connectivity index (χ0) is 15.7. The Hall–Kier alpha value is -1.18. The number of likely N-dealkylation sites (tertiary alicyclic amines) is 1. The van der Waals surface area contributed by atoms with Gasteiger partial charge in [-0.05, 0) is 32.1 Å². The lowest BCUT2D eigenvalue weighted by atomic mass is 9.79. The van der Waals surface area contributed by atoms with Gasteiger partial charge in [-0.25, -0.2) is 4.98 Å². The van der Waals surface area contributed by atoms with E-state index < -0.39 is 0 Å². The lowest BCUT2D eigenvalue weighted by Gasteiger charge is -2.42. The number of aliphatic hydroxyl groups excluding tert-OH is 1. The summed E-state index contributed by atoms with van der Waals surface area (Å²) in [5, 5.41) is 12.4. The van der Waals surface area contributed by atoms with Crippen LogP contribution in [0.2, 0.25) is 0 Å². The van der Waals surface area contributed by atoms with E-state index in [0.29, 0.717) is 30.9 Å². The zero-order valence-corrected chi connectivity index (χ0v) is 13.6. The van der Waals surface area contributed by atoms with Crippen LogP contribution in [0.4, 0.5) is 5.13 Å². The van der Waals surface area contributed by atoms with Gasteiger partial charge in [-0.15, -0.1) is 11.3 Å². The van der Waals surface area contributed by atoms with Crippen LogP contribution in [0.25, 0.3) is 0 Å². The Balaban J connectivity index is 1.64. The largest absolute Gasteiger partial charge is 0.393 e. The number of rotatable bonds is 4. The molecule has 1 aliphatic carbocycles. The van der Waals surface area contributed by atoms with Crippen LogP contribution in [0.1, 0.15) is 37.8 Å². The third kappa shape index (κ3) is 2.85. The standard InChI is InChI=1S/C15H23N3O3S/c1-21-15-5-4-11(19)8-12(15)18(7-6-15)13(20)3-2-10-9-22-14(16)17-10/h9,11-12,19H,2-8H2,1H3,(H2,16,17)/t11-,12+,15-/m1/s1. The van der Waals surface area contributed by atoms with Gasteiger partial charge in [-0.3, -0.25) is 4.79 Å². The summed E-state index contributed by atoms with van der Waals surface area (Å²) in [6, 6.07) is -0.00532. The molecule has 7 heteroatoms. The molecule has 1 aromatic heterocycles. The highest BCUT2D eigenvalue weighted by molar-refractivity contribution is 7.13. The summed E-state index contributed by atoms with van der Waals surface area (Å²) in [6.07, 6.45) is 3.75. The predicted octanol–water partition coefficient (Wildman–Crippen LogP) is 1.19. The summed E-state index contributed by atoms with van der Waals surface area (Å²) in [6.45, 7) is 0.712. The lowest BCUT2D eigenvalue weighted by molar-refractivity contribution is -0.139. The average molecular weight is 325 g/mol. The van der Waals surface area contributed by atoms with Crippen LogP contribution in [0.5, 0.6) is 0 Å². The SMILES string of the molecule is CO[C@@]12CC[C@@H](O)C[C@@H]1N(C(=O)CCc1csc(N)n1)CC2.